The van der Waals surface area contributed by atoms with Gasteiger partial charge in [-0.2, -0.15) is 0 Å². The van der Waals surface area contributed by atoms with Crippen LogP contribution >= 0.6 is 0 Å². The highest BCUT2D eigenvalue weighted by molar-refractivity contribution is 5.91. The fraction of sp³-hybridized carbons (Fsp3) is 0.846. The quantitative estimate of drug-likeness (QED) is 0.792. The lowest BCUT2D eigenvalue weighted by Gasteiger charge is -2.21. The van der Waals surface area contributed by atoms with Crippen LogP contribution in [-0.4, -0.2) is 35.0 Å². The normalized spacial score (nSPS) is 29.8. The highest BCUT2D eigenvalue weighted by Crippen LogP contribution is 2.59. The maximum absolute atomic E-state index is 12.3. The maximum Gasteiger partial charge on any atom is 0.307 e. The van der Waals surface area contributed by atoms with Gasteiger partial charge < -0.3 is 10.0 Å². The number of nitrogens with zero attached hydrogens (tertiary/aromatic N) is 1. The average molecular weight is 239 g/mol. The molecule has 4 nitrogen and oxygen atoms in total. The molecule has 0 heterocycles. The Labute approximate surface area is 102 Å². The van der Waals surface area contributed by atoms with E-state index in [1.807, 2.05) is 25.7 Å². The molecule has 1 amide bonds. The molecule has 4 heteroatoms. The Bertz CT molecular complexity index is 347. The van der Waals surface area contributed by atoms with Gasteiger partial charge in [0.15, 0.2) is 0 Å². The minimum atomic E-state index is -0.837. The van der Waals surface area contributed by atoms with E-state index in [0.29, 0.717) is 12.5 Å². The van der Waals surface area contributed by atoms with Crippen LogP contribution in [0.4, 0.5) is 0 Å². The summed E-state index contributed by atoms with van der Waals surface area (Å²) < 4.78 is 0. The molecular weight excluding hydrogens is 218 g/mol. The van der Waals surface area contributed by atoms with Gasteiger partial charge in [-0.1, -0.05) is 13.8 Å². The Hall–Kier alpha value is -1.06. The number of amides is 1. The van der Waals surface area contributed by atoms with Crippen LogP contribution in [0.1, 0.15) is 33.6 Å². The van der Waals surface area contributed by atoms with Gasteiger partial charge >= 0.3 is 5.97 Å². The van der Waals surface area contributed by atoms with Crippen LogP contribution in [0.3, 0.4) is 0 Å². The minimum absolute atomic E-state index is 0.0387. The maximum atomic E-state index is 12.3. The summed E-state index contributed by atoms with van der Waals surface area (Å²) in [6.45, 7) is 7.21. The predicted molar refractivity (Wildman–Crippen MR) is 63.4 cm³/mol. The van der Waals surface area contributed by atoms with Crippen molar-refractivity contribution < 1.29 is 14.7 Å². The molecule has 0 radical (unpaired) electrons. The Morgan fingerprint density at radius 3 is 2.24 bits per heavy atom. The van der Waals surface area contributed by atoms with Crippen molar-refractivity contribution in [1.82, 2.24) is 4.90 Å². The minimum Gasteiger partial charge on any atom is -0.481 e. The van der Waals surface area contributed by atoms with Crippen molar-refractivity contribution in [2.24, 2.45) is 23.2 Å². The van der Waals surface area contributed by atoms with E-state index in [1.54, 1.807) is 0 Å². The van der Waals surface area contributed by atoms with Crippen LogP contribution in [0.15, 0.2) is 0 Å². The molecule has 2 aliphatic rings. The largest absolute Gasteiger partial charge is 0.481 e. The van der Waals surface area contributed by atoms with Crippen molar-refractivity contribution in [3.8, 4) is 0 Å². The zero-order valence-electron chi connectivity index (χ0n) is 10.8. The molecule has 2 atom stereocenters. The van der Waals surface area contributed by atoms with Gasteiger partial charge in [0.1, 0.15) is 0 Å². The van der Waals surface area contributed by atoms with E-state index >= 15 is 0 Å². The van der Waals surface area contributed by atoms with E-state index in [0.717, 1.165) is 6.54 Å². The Morgan fingerprint density at radius 1 is 1.29 bits per heavy atom. The van der Waals surface area contributed by atoms with Gasteiger partial charge in [0.05, 0.1) is 11.8 Å². The van der Waals surface area contributed by atoms with Gasteiger partial charge in [-0.05, 0) is 31.1 Å². The summed E-state index contributed by atoms with van der Waals surface area (Å²) in [4.78, 5) is 25.2. The molecule has 2 saturated carbocycles. The first-order chi connectivity index (χ1) is 7.89. The topological polar surface area (TPSA) is 57.6 Å². The van der Waals surface area contributed by atoms with E-state index < -0.39 is 11.9 Å². The number of carboxylic acid groups (broad SMARTS) is 1. The first-order valence-electron chi connectivity index (χ1n) is 6.41. The van der Waals surface area contributed by atoms with Crippen LogP contribution in [0.5, 0.6) is 0 Å². The van der Waals surface area contributed by atoms with Crippen LogP contribution in [-0.2, 0) is 9.59 Å². The third-order valence-electron chi connectivity index (χ3n) is 4.23. The molecule has 0 bridgehead atoms. The Morgan fingerprint density at radius 2 is 1.88 bits per heavy atom. The standard InChI is InChI=1S/C13H21NO3/c1-4-14(7-8-5-6-8)11(15)9-10(12(16)17)13(9,2)3/h8-10H,4-7H2,1-3H3,(H,16,17)/t9-,10+/m0/s1. The number of hydrogen-bond donors (Lipinski definition) is 1. The second-order valence-electron chi connectivity index (χ2n) is 5.94. The molecule has 0 aromatic heterocycles. The lowest BCUT2D eigenvalue weighted by molar-refractivity contribution is -0.142. The molecule has 0 unspecified atom stereocenters. The monoisotopic (exact) mass is 239 g/mol. The van der Waals surface area contributed by atoms with Gasteiger partial charge in [-0.25, -0.2) is 0 Å². The molecule has 96 valence electrons. The van der Waals surface area contributed by atoms with E-state index in [1.165, 1.54) is 12.8 Å². The van der Waals surface area contributed by atoms with E-state index in [9.17, 15) is 9.59 Å². The van der Waals surface area contributed by atoms with Crippen molar-refractivity contribution >= 4 is 11.9 Å². The van der Waals surface area contributed by atoms with Gasteiger partial charge in [0.25, 0.3) is 0 Å². The lowest BCUT2D eigenvalue weighted by atomic mass is 10.1. The molecule has 0 aromatic rings. The van der Waals surface area contributed by atoms with Gasteiger partial charge in [0, 0.05) is 13.1 Å². The summed E-state index contributed by atoms with van der Waals surface area (Å²) in [6, 6.07) is 0. The van der Waals surface area contributed by atoms with E-state index in [-0.39, 0.29) is 17.2 Å². The Kier molecular flexibility index (Phi) is 2.92. The molecule has 2 rings (SSSR count). The first kappa shape index (κ1) is 12.4. The number of carbonyl (C=O) groups is 2. The molecule has 2 aliphatic carbocycles. The fourth-order valence-corrected chi connectivity index (χ4v) is 2.74. The number of rotatable bonds is 5. The molecule has 17 heavy (non-hydrogen) atoms. The Balaban J connectivity index is 2.01. The number of carboxylic acids is 1. The zero-order valence-corrected chi connectivity index (χ0v) is 10.8. The second kappa shape index (κ2) is 4.00. The lowest BCUT2D eigenvalue weighted by Crippen LogP contribution is -2.35. The number of carbonyl (C=O) groups excluding carboxylic acids is 1. The highest BCUT2D eigenvalue weighted by Gasteiger charge is 2.66. The molecule has 0 aliphatic heterocycles. The molecular formula is C13H21NO3. The third-order valence-corrected chi connectivity index (χ3v) is 4.23. The second-order valence-corrected chi connectivity index (χ2v) is 5.94. The summed E-state index contributed by atoms with van der Waals surface area (Å²) in [5, 5.41) is 9.09. The van der Waals surface area contributed by atoms with Crippen molar-refractivity contribution in [1.29, 1.82) is 0 Å². The zero-order chi connectivity index (χ0) is 12.8. The van der Waals surface area contributed by atoms with Gasteiger partial charge in [-0.15, -0.1) is 0 Å². The molecule has 1 N–H and O–H groups in total. The summed E-state index contributed by atoms with van der Waals surface area (Å²) >= 11 is 0. The van der Waals surface area contributed by atoms with E-state index in [2.05, 4.69) is 0 Å². The first-order valence-corrected chi connectivity index (χ1v) is 6.41. The predicted octanol–water partition coefficient (Wildman–Crippen LogP) is 1.60. The summed E-state index contributed by atoms with van der Waals surface area (Å²) in [7, 11) is 0. The average Bonchev–Trinajstić information content (AvgIpc) is 3.10. The van der Waals surface area contributed by atoms with Crippen LogP contribution in [0, 0.1) is 23.2 Å². The van der Waals surface area contributed by atoms with Crippen molar-refractivity contribution in [3.63, 3.8) is 0 Å². The van der Waals surface area contributed by atoms with Crippen molar-refractivity contribution in [3.05, 3.63) is 0 Å². The molecule has 2 fully saturated rings. The summed E-state index contributed by atoms with van der Waals surface area (Å²) in [5.74, 6) is -0.960. The molecule has 0 aromatic carbocycles. The molecule has 0 saturated heterocycles. The summed E-state index contributed by atoms with van der Waals surface area (Å²) in [5.41, 5.74) is -0.375. The SMILES string of the molecule is CCN(CC1CC1)C(=O)[C@@H]1[C@H](C(=O)O)C1(C)C. The van der Waals surface area contributed by atoms with Crippen LogP contribution in [0.25, 0.3) is 0 Å². The van der Waals surface area contributed by atoms with Crippen molar-refractivity contribution in [2.75, 3.05) is 13.1 Å². The van der Waals surface area contributed by atoms with Gasteiger partial charge in [-0.3, -0.25) is 9.59 Å². The van der Waals surface area contributed by atoms with Gasteiger partial charge in [0.2, 0.25) is 5.91 Å². The smallest absolute Gasteiger partial charge is 0.307 e. The van der Waals surface area contributed by atoms with E-state index in [4.69, 9.17) is 5.11 Å². The molecule has 0 spiro atoms. The number of aliphatic carboxylic acids is 1. The van der Waals surface area contributed by atoms with Crippen molar-refractivity contribution in [2.45, 2.75) is 33.6 Å². The van der Waals surface area contributed by atoms with Crippen LogP contribution < -0.4 is 0 Å². The highest BCUT2D eigenvalue weighted by atomic mass is 16.4. The number of hydrogen-bond acceptors (Lipinski definition) is 2. The van der Waals surface area contributed by atoms with Crippen LogP contribution in [0.2, 0.25) is 0 Å². The fourth-order valence-electron chi connectivity index (χ4n) is 2.74. The third kappa shape index (κ3) is 2.17. The summed E-state index contributed by atoms with van der Waals surface area (Å²) in [6.07, 6.45) is 2.42.